The lowest BCUT2D eigenvalue weighted by atomic mass is 10.3. The Labute approximate surface area is 88.6 Å². The number of methoxy groups -OCH3 is 1. The highest BCUT2D eigenvalue weighted by Gasteiger charge is 2.07. The molecule has 5 heteroatoms. The quantitative estimate of drug-likeness (QED) is 0.756. The first-order valence-electron chi connectivity index (χ1n) is 4.37. The van der Waals surface area contributed by atoms with E-state index in [-0.39, 0.29) is 6.04 Å². The molecule has 0 radical (unpaired) electrons. The molecule has 0 aliphatic rings. The summed E-state index contributed by atoms with van der Waals surface area (Å²) in [6.45, 7) is 2.52. The SMILES string of the molecule is COCC(CCl)Nc1cc(C)cnn1. The number of hydrogen-bond acceptors (Lipinski definition) is 4. The summed E-state index contributed by atoms with van der Waals surface area (Å²) in [5.74, 6) is 1.21. The molecule has 0 fully saturated rings. The number of ether oxygens (including phenoxy) is 1. The molecule has 0 amide bonds. The second-order valence-electron chi connectivity index (χ2n) is 3.07. The summed E-state index contributed by atoms with van der Waals surface area (Å²) in [7, 11) is 1.64. The zero-order valence-electron chi connectivity index (χ0n) is 8.33. The van der Waals surface area contributed by atoms with Gasteiger partial charge in [-0.1, -0.05) is 0 Å². The highest BCUT2D eigenvalue weighted by molar-refractivity contribution is 6.18. The van der Waals surface area contributed by atoms with Crippen molar-refractivity contribution in [1.29, 1.82) is 0 Å². The molecule has 78 valence electrons. The minimum absolute atomic E-state index is 0.0674. The molecule has 0 saturated carbocycles. The van der Waals surface area contributed by atoms with Gasteiger partial charge in [0.1, 0.15) is 5.82 Å². The van der Waals surface area contributed by atoms with E-state index < -0.39 is 0 Å². The Morgan fingerprint density at radius 2 is 2.43 bits per heavy atom. The molecule has 1 N–H and O–H groups in total. The average Bonchev–Trinajstić information content (AvgIpc) is 2.17. The molecule has 1 rings (SSSR count). The molecule has 0 aliphatic carbocycles. The van der Waals surface area contributed by atoms with Gasteiger partial charge in [0.15, 0.2) is 0 Å². The molecule has 14 heavy (non-hydrogen) atoms. The van der Waals surface area contributed by atoms with Crippen LogP contribution in [0.3, 0.4) is 0 Å². The van der Waals surface area contributed by atoms with Crippen LogP contribution in [0.25, 0.3) is 0 Å². The van der Waals surface area contributed by atoms with E-state index in [1.54, 1.807) is 13.3 Å². The van der Waals surface area contributed by atoms with Crippen LogP contribution in [0.2, 0.25) is 0 Å². The Balaban J connectivity index is 2.57. The van der Waals surface area contributed by atoms with Gasteiger partial charge in [0.05, 0.1) is 18.8 Å². The van der Waals surface area contributed by atoms with Crippen molar-refractivity contribution in [2.75, 3.05) is 24.9 Å². The number of hydrogen-bond donors (Lipinski definition) is 1. The summed E-state index contributed by atoms with van der Waals surface area (Å²) in [5, 5.41) is 10.9. The zero-order chi connectivity index (χ0) is 10.4. The third kappa shape index (κ3) is 3.47. The van der Waals surface area contributed by atoms with Crippen molar-refractivity contribution in [3.8, 4) is 0 Å². The largest absolute Gasteiger partial charge is 0.383 e. The first-order valence-corrected chi connectivity index (χ1v) is 4.90. The van der Waals surface area contributed by atoms with Gasteiger partial charge in [-0.05, 0) is 18.6 Å². The Morgan fingerprint density at radius 3 is 3.00 bits per heavy atom. The van der Waals surface area contributed by atoms with Gasteiger partial charge in [0.2, 0.25) is 0 Å². The van der Waals surface area contributed by atoms with Crippen LogP contribution >= 0.6 is 11.6 Å². The minimum Gasteiger partial charge on any atom is -0.383 e. The molecule has 4 nitrogen and oxygen atoms in total. The average molecular weight is 216 g/mol. The summed E-state index contributed by atoms with van der Waals surface area (Å²) < 4.78 is 5.00. The van der Waals surface area contributed by atoms with Gasteiger partial charge in [0.25, 0.3) is 0 Å². The number of alkyl halides is 1. The molecule has 0 aliphatic heterocycles. The first-order chi connectivity index (χ1) is 6.76. The van der Waals surface area contributed by atoms with Gasteiger partial charge in [-0.25, -0.2) is 0 Å². The van der Waals surface area contributed by atoms with E-state index in [0.717, 1.165) is 11.4 Å². The van der Waals surface area contributed by atoms with E-state index in [1.807, 2.05) is 13.0 Å². The van der Waals surface area contributed by atoms with E-state index in [0.29, 0.717) is 12.5 Å². The van der Waals surface area contributed by atoms with Crippen LogP contribution in [0.1, 0.15) is 5.56 Å². The molecule has 0 spiro atoms. The number of nitrogens with zero attached hydrogens (tertiary/aromatic N) is 2. The fraction of sp³-hybridized carbons (Fsp3) is 0.556. The lowest BCUT2D eigenvalue weighted by molar-refractivity contribution is 0.191. The lowest BCUT2D eigenvalue weighted by Gasteiger charge is -2.14. The summed E-state index contributed by atoms with van der Waals surface area (Å²) in [6.07, 6.45) is 1.71. The maximum Gasteiger partial charge on any atom is 0.149 e. The molecule has 0 saturated heterocycles. The van der Waals surface area contributed by atoms with Crippen molar-refractivity contribution in [2.24, 2.45) is 0 Å². The molecular weight excluding hydrogens is 202 g/mol. The fourth-order valence-electron chi connectivity index (χ4n) is 1.07. The zero-order valence-corrected chi connectivity index (χ0v) is 9.08. The Bertz CT molecular complexity index is 283. The number of rotatable bonds is 5. The topological polar surface area (TPSA) is 47.0 Å². The van der Waals surface area contributed by atoms with Crippen LogP contribution in [0, 0.1) is 6.92 Å². The van der Waals surface area contributed by atoms with E-state index in [4.69, 9.17) is 16.3 Å². The Morgan fingerprint density at radius 1 is 1.64 bits per heavy atom. The maximum absolute atomic E-state index is 5.75. The highest BCUT2D eigenvalue weighted by Crippen LogP contribution is 2.06. The number of nitrogens with one attached hydrogen (secondary N) is 1. The fourth-order valence-corrected chi connectivity index (χ4v) is 1.24. The van der Waals surface area contributed by atoms with Crippen molar-refractivity contribution in [3.63, 3.8) is 0 Å². The molecule has 1 unspecified atom stereocenters. The third-order valence-electron chi connectivity index (χ3n) is 1.70. The van der Waals surface area contributed by atoms with Gasteiger partial charge in [-0.3, -0.25) is 0 Å². The van der Waals surface area contributed by atoms with Crippen molar-refractivity contribution in [2.45, 2.75) is 13.0 Å². The van der Waals surface area contributed by atoms with Gasteiger partial charge < -0.3 is 10.1 Å². The third-order valence-corrected chi connectivity index (χ3v) is 2.07. The van der Waals surface area contributed by atoms with Gasteiger partial charge >= 0.3 is 0 Å². The Hall–Kier alpha value is -0.870. The van der Waals surface area contributed by atoms with Crippen molar-refractivity contribution >= 4 is 17.4 Å². The van der Waals surface area contributed by atoms with E-state index in [9.17, 15) is 0 Å². The first kappa shape index (κ1) is 11.2. The minimum atomic E-state index is 0.0674. The summed E-state index contributed by atoms with van der Waals surface area (Å²) in [4.78, 5) is 0. The summed E-state index contributed by atoms with van der Waals surface area (Å²) >= 11 is 5.75. The molecule has 0 aromatic carbocycles. The Kier molecular flexibility index (Phi) is 4.62. The van der Waals surface area contributed by atoms with E-state index >= 15 is 0 Å². The van der Waals surface area contributed by atoms with Crippen molar-refractivity contribution in [1.82, 2.24) is 10.2 Å². The molecule has 1 atom stereocenters. The monoisotopic (exact) mass is 215 g/mol. The van der Waals surface area contributed by atoms with Gasteiger partial charge in [0, 0.05) is 13.0 Å². The molecular formula is C9H14ClN3O. The van der Waals surface area contributed by atoms with Crippen LogP contribution in [0.15, 0.2) is 12.3 Å². The number of halogens is 1. The van der Waals surface area contributed by atoms with Crippen molar-refractivity contribution < 1.29 is 4.74 Å². The molecule has 1 aromatic heterocycles. The number of anilines is 1. The van der Waals surface area contributed by atoms with Gasteiger partial charge in [-0.2, -0.15) is 5.10 Å². The second kappa shape index (κ2) is 5.78. The normalized spacial score (nSPS) is 12.5. The van der Waals surface area contributed by atoms with Crippen LogP contribution in [-0.4, -0.2) is 35.8 Å². The van der Waals surface area contributed by atoms with Crippen LogP contribution < -0.4 is 5.32 Å². The van der Waals surface area contributed by atoms with Gasteiger partial charge in [-0.15, -0.1) is 16.7 Å². The van der Waals surface area contributed by atoms with Crippen LogP contribution in [0.4, 0.5) is 5.82 Å². The predicted octanol–water partition coefficient (Wildman–Crippen LogP) is 1.45. The smallest absolute Gasteiger partial charge is 0.149 e. The van der Waals surface area contributed by atoms with E-state index in [1.165, 1.54) is 0 Å². The van der Waals surface area contributed by atoms with Crippen LogP contribution in [0.5, 0.6) is 0 Å². The lowest BCUT2D eigenvalue weighted by Crippen LogP contribution is -2.27. The number of aryl methyl sites for hydroxylation is 1. The molecule has 1 heterocycles. The predicted molar refractivity (Wildman–Crippen MR) is 56.8 cm³/mol. The van der Waals surface area contributed by atoms with Crippen LogP contribution in [-0.2, 0) is 4.74 Å². The van der Waals surface area contributed by atoms with Crippen molar-refractivity contribution in [3.05, 3.63) is 17.8 Å². The molecule has 1 aromatic rings. The van der Waals surface area contributed by atoms with E-state index in [2.05, 4.69) is 15.5 Å². The second-order valence-corrected chi connectivity index (χ2v) is 3.38. The maximum atomic E-state index is 5.75. The molecule has 0 bridgehead atoms. The summed E-state index contributed by atoms with van der Waals surface area (Å²) in [5.41, 5.74) is 1.06. The standard InChI is InChI=1S/C9H14ClN3O/c1-7-3-9(13-11-5-7)12-8(4-10)6-14-2/h3,5,8H,4,6H2,1-2H3,(H,12,13). The summed E-state index contributed by atoms with van der Waals surface area (Å²) in [6, 6.07) is 1.99. The number of aromatic nitrogens is 2. The highest BCUT2D eigenvalue weighted by atomic mass is 35.5.